The SMILES string of the molecule is C=C/C=C1\C(=C/C)C(C)(C)c2cc(C)ccc21.C=C1/C=C\C=C/C2C(=CC3=CC=C4C(C)=CC=C5CCC2C3C54)C1(C(/C=C\CC)=C/CC)c1ccccc1.C=CC(=C)C.CC.CC.CC.CC.CC1=CC=CCC1. The Balaban J connectivity index is 0.000000427. The van der Waals surface area contributed by atoms with E-state index < -0.39 is 5.41 Å². The number of hydrogen-bond acceptors (Lipinski definition) is 0. The molecule has 0 bridgehead atoms. The van der Waals surface area contributed by atoms with Crippen LogP contribution in [-0.4, -0.2) is 0 Å². The molecule has 0 amide bonds. The quantitative estimate of drug-likeness (QED) is 0.243. The van der Waals surface area contributed by atoms with Crippen molar-refractivity contribution in [1.82, 2.24) is 0 Å². The smallest absolute Gasteiger partial charge is 0.0661 e. The normalized spacial score (nSPS) is 24.5. The molecule has 0 heteroatoms. The predicted octanol–water partition coefficient (Wildman–Crippen LogP) is 22.8. The van der Waals surface area contributed by atoms with Gasteiger partial charge in [-0.1, -0.05) is 296 Å². The lowest BCUT2D eigenvalue weighted by Crippen LogP contribution is -2.46. The van der Waals surface area contributed by atoms with E-state index in [1.165, 1.54) is 86.9 Å². The second-order valence-electron chi connectivity index (χ2n) is 19.7. The van der Waals surface area contributed by atoms with Crippen LogP contribution in [0.1, 0.15) is 172 Å². The highest BCUT2D eigenvalue weighted by atomic mass is 14.6. The molecule has 0 aliphatic heterocycles. The highest BCUT2D eigenvalue weighted by Gasteiger charge is 2.52. The number of allylic oxidation sites excluding steroid dienone is 30. The van der Waals surface area contributed by atoms with E-state index in [0.717, 1.165) is 24.0 Å². The molecule has 0 N–H and O–H groups in total. The van der Waals surface area contributed by atoms with Crippen LogP contribution in [-0.2, 0) is 10.8 Å². The molecule has 75 heavy (non-hydrogen) atoms. The molecular formula is C75H102. The summed E-state index contributed by atoms with van der Waals surface area (Å²) in [5, 5.41) is 0. The van der Waals surface area contributed by atoms with Gasteiger partial charge in [0, 0.05) is 17.3 Å². The van der Waals surface area contributed by atoms with Gasteiger partial charge in [-0.15, -0.1) is 0 Å². The van der Waals surface area contributed by atoms with Gasteiger partial charge in [0.2, 0.25) is 0 Å². The summed E-state index contributed by atoms with van der Waals surface area (Å²) in [4.78, 5) is 0. The minimum absolute atomic E-state index is 0.102. The third kappa shape index (κ3) is 15.3. The van der Waals surface area contributed by atoms with Crippen LogP contribution in [0.3, 0.4) is 0 Å². The summed E-state index contributed by atoms with van der Waals surface area (Å²) >= 11 is 0. The van der Waals surface area contributed by atoms with Crippen LogP contribution in [0.15, 0.2) is 246 Å². The Labute approximate surface area is 462 Å². The molecule has 7 aliphatic rings. The summed E-state index contributed by atoms with van der Waals surface area (Å²) < 4.78 is 0. The molecule has 0 radical (unpaired) electrons. The van der Waals surface area contributed by atoms with E-state index in [2.05, 4.69) is 227 Å². The highest BCUT2D eigenvalue weighted by Crippen LogP contribution is 2.61. The molecule has 7 aliphatic carbocycles. The predicted molar refractivity (Wildman–Crippen MR) is 341 cm³/mol. The third-order valence-electron chi connectivity index (χ3n) is 14.8. The number of fused-ring (bicyclic) bond motifs is 3. The Bertz CT molecular complexity index is 2630. The van der Waals surface area contributed by atoms with Gasteiger partial charge in [-0.3, -0.25) is 0 Å². The van der Waals surface area contributed by atoms with E-state index >= 15 is 0 Å². The van der Waals surface area contributed by atoms with Crippen LogP contribution >= 0.6 is 0 Å². The summed E-state index contributed by atoms with van der Waals surface area (Å²) in [6.07, 6.45) is 50.0. The van der Waals surface area contributed by atoms with Crippen LogP contribution < -0.4 is 0 Å². The van der Waals surface area contributed by atoms with E-state index in [-0.39, 0.29) is 5.41 Å². The Kier molecular flexibility index (Phi) is 28.8. The molecule has 9 rings (SSSR count). The van der Waals surface area contributed by atoms with Gasteiger partial charge in [0.25, 0.3) is 0 Å². The highest BCUT2D eigenvalue weighted by molar-refractivity contribution is 5.90. The average molecular weight is 1000 g/mol. The van der Waals surface area contributed by atoms with Crippen LogP contribution in [0.5, 0.6) is 0 Å². The number of benzene rings is 2. The van der Waals surface area contributed by atoms with E-state index in [0.29, 0.717) is 23.7 Å². The van der Waals surface area contributed by atoms with E-state index in [1.54, 1.807) is 17.2 Å². The topological polar surface area (TPSA) is 0 Å². The molecule has 402 valence electrons. The van der Waals surface area contributed by atoms with Gasteiger partial charge >= 0.3 is 0 Å². The Morgan fingerprint density at radius 3 is 2.04 bits per heavy atom. The van der Waals surface area contributed by atoms with Crippen LogP contribution in [0, 0.1) is 30.6 Å². The molecule has 0 saturated heterocycles. The first-order chi connectivity index (χ1) is 36.3. The van der Waals surface area contributed by atoms with Crippen molar-refractivity contribution in [2.75, 3.05) is 0 Å². The molecule has 0 nitrogen and oxygen atoms in total. The molecule has 1 fully saturated rings. The average Bonchev–Trinajstić information content (AvgIpc) is 3.65. The van der Waals surface area contributed by atoms with Crippen molar-refractivity contribution in [2.45, 2.75) is 167 Å². The molecule has 1 saturated carbocycles. The maximum absolute atomic E-state index is 4.80. The largest absolute Gasteiger partial charge is 0.0990 e. The monoisotopic (exact) mass is 1000 g/mol. The fourth-order valence-corrected chi connectivity index (χ4v) is 11.5. The van der Waals surface area contributed by atoms with E-state index in [1.807, 2.05) is 68.4 Å². The fraction of sp³-hybridized carbons (Fsp3) is 0.387. The minimum atomic E-state index is -0.400. The minimum Gasteiger partial charge on any atom is -0.0990 e. The second-order valence-corrected chi connectivity index (χ2v) is 19.7. The third-order valence-corrected chi connectivity index (χ3v) is 14.8. The summed E-state index contributed by atoms with van der Waals surface area (Å²) in [6.45, 7) is 51.4. The van der Waals surface area contributed by atoms with Crippen molar-refractivity contribution in [3.05, 3.63) is 268 Å². The van der Waals surface area contributed by atoms with Gasteiger partial charge in [-0.25, -0.2) is 0 Å². The zero-order chi connectivity index (χ0) is 56.3. The second kappa shape index (κ2) is 33.1. The van der Waals surface area contributed by atoms with Crippen molar-refractivity contribution in [3.63, 3.8) is 0 Å². The first-order valence-electron chi connectivity index (χ1n) is 29.0. The van der Waals surface area contributed by atoms with Crippen molar-refractivity contribution in [3.8, 4) is 0 Å². The summed E-state index contributed by atoms with van der Waals surface area (Å²) in [6, 6.07) is 17.9. The van der Waals surface area contributed by atoms with Crippen LogP contribution in [0.25, 0.3) is 5.57 Å². The first kappa shape index (κ1) is 65.1. The number of aryl methyl sites for hydroxylation is 1. The summed E-state index contributed by atoms with van der Waals surface area (Å²) in [7, 11) is 0. The van der Waals surface area contributed by atoms with Crippen LogP contribution in [0.4, 0.5) is 0 Å². The summed E-state index contributed by atoms with van der Waals surface area (Å²) in [5.74, 6) is 2.02. The number of hydrogen-bond donors (Lipinski definition) is 0. The Morgan fingerprint density at radius 2 is 1.48 bits per heavy atom. The lowest BCUT2D eigenvalue weighted by molar-refractivity contribution is 0.208. The van der Waals surface area contributed by atoms with Gasteiger partial charge in [0.05, 0.1) is 5.41 Å². The molecule has 2 aromatic rings. The molecule has 5 unspecified atom stereocenters. The van der Waals surface area contributed by atoms with Gasteiger partial charge in [-0.2, -0.15) is 0 Å². The Morgan fingerprint density at radius 1 is 0.800 bits per heavy atom. The lowest BCUT2D eigenvalue weighted by atomic mass is 9.49. The van der Waals surface area contributed by atoms with Crippen molar-refractivity contribution in [2.24, 2.45) is 23.7 Å². The van der Waals surface area contributed by atoms with Crippen molar-refractivity contribution in [1.29, 1.82) is 0 Å². The van der Waals surface area contributed by atoms with Gasteiger partial charge in [-0.05, 0) is 146 Å². The number of rotatable bonds is 7. The molecule has 0 spiro atoms. The van der Waals surface area contributed by atoms with Gasteiger partial charge < -0.3 is 0 Å². The van der Waals surface area contributed by atoms with Crippen molar-refractivity contribution < 1.29 is 0 Å². The molecule has 0 aromatic heterocycles. The van der Waals surface area contributed by atoms with Gasteiger partial charge in [0.15, 0.2) is 0 Å². The summed E-state index contributed by atoms with van der Waals surface area (Å²) in [5.41, 5.74) is 20.5. The standard InChI is InChI=1S/C38H40.C17H20.C7H10.C5H8.4C2H6/c1-5-7-15-30(13-6-2)38(31-16-9-8-10-17-31)27(4)14-11-12-18-33-34-24-21-28-20-19-26(3)32-23-22-29(25-35(33)38)37(34)36(28)32;1-6-8-13-14-10-9-12(3)11-16(14)17(4,5)15(13)7-2;1-7-5-3-2-4-6-7;1-4-5(2)3;4*1-2/h7-20,22-23,25,33-34,36-37H,4-6,21,24H2,1-3H3;6-11H,1H2,2-5H3;2-3,5H,4,6H2,1H3;4H,1-2H2,3H3;4*1-2H3/b14-11-,15-7-,18-12-,30-13+;13-8-,15-7+;;;;;;. The van der Waals surface area contributed by atoms with E-state index in [9.17, 15) is 0 Å². The Hall–Kier alpha value is -5.98. The molecule has 5 atom stereocenters. The maximum atomic E-state index is 4.80. The molecular weight excluding hydrogens is 901 g/mol. The molecule has 2 aromatic carbocycles. The molecule has 0 heterocycles. The fourth-order valence-electron chi connectivity index (χ4n) is 11.5. The maximum Gasteiger partial charge on any atom is 0.0661 e. The first-order valence-corrected chi connectivity index (χ1v) is 29.0. The van der Waals surface area contributed by atoms with Crippen LogP contribution in [0.2, 0.25) is 0 Å². The van der Waals surface area contributed by atoms with E-state index in [4.69, 9.17) is 6.58 Å². The zero-order valence-electron chi connectivity index (χ0n) is 50.5. The van der Waals surface area contributed by atoms with Crippen molar-refractivity contribution >= 4 is 5.57 Å². The lowest BCUT2D eigenvalue weighted by Gasteiger charge is -2.54. The van der Waals surface area contributed by atoms with Gasteiger partial charge in [0.1, 0.15) is 0 Å². The zero-order valence-corrected chi connectivity index (χ0v) is 50.5.